The average Bonchev–Trinajstić information content (AvgIpc) is 2.11. The average molecular weight is 219 g/mol. The molecule has 1 rings (SSSR count). The molecule has 0 bridgehead atoms. The first-order valence-corrected chi connectivity index (χ1v) is 4.63. The Morgan fingerprint density at radius 1 is 1.43 bits per heavy atom. The van der Waals surface area contributed by atoms with Crippen LogP contribution >= 0.6 is 11.6 Å². The minimum Gasteiger partial charge on any atom is -0.331 e. The molecule has 0 aliphatic heterocycles. The number of halogens is 1. The normalized spacial score (nSPS) is 9.71. The number of hydrogen-bond donors (Lipinski definition) is 1. The quantitative estimate of drug-likeness (QED) is 0.772. The maximum Gasteiger partial charge on any atom is 0.321 e. The van der Waals surface area contributed by atoms with E-state index in [0.29, 0.717) is 10.7 Å². The number of anilines is 1. The summed E-state index contributed by atoms with van der Waals surface area (Å²) >= 11 is 5.91. The van der Waals surface area contributed by atoms with Crippen LogP contribution in [0.5, 0.6) is 0 Å². The van der Waals surface area contributed by atoms with Gasteiger partial charge in [0.2, 0.25) is 0 Å². The minimum atomic E-state index is -0.162. The van der Waals surface area contributed by atoms with Gasteiger partial charge in [0.25, 0.3) is 0 Å². The highest BCUT2D eigenvalue weighted by Gasteiger charge is 2.04. The van der Waals surface area contributed by atoms with Crippen molar-refractivity contribution in [2.24, 2.45) is 0 Å². The second-order valence-corrected chi connectivity index (χ2v) is 3.70. The smallest absolute Gasteiger partial charge is 0.321 e. The predicted molar refractivity (Wildman–Crippen MR) is 58.9 cm³/mol. The summed E-state index contributed by atoms with van der Waals surface area (Å²) in [6.07, 6.45) is 0. The van der Waals surface area contributed by atoms with Gasteiger partial charge in [-0.2, -0.15) is 0 Å². The Labute approximate surface area is 88.7 Å². The van der Waals surface area contributed by atoms with E-state index in [-0.39, 0.29) is 6.03 Å². The van der Waals surface area contributed by atoms with Crippen LogP contribution in [0.1, 0.15) is 5.56 Å². The van der Waals surface area contributed by atoms with Gasteiger partial charge in [-0.3, -0.25) is 0 Å². The largest absolute Gasteiger partial charge is 0.331 e. The zero-order valence-electron chi connectivity index (χ0n) is 8.47. The van der Waals surface area contributed by atoms with E-state index in [1.807, 2.05) is 19.1 Å². The van der Waals surface area contributed by atoms with Gasteiger partial charge in [0, 0.05) is 24.8 Å². The lowest BCUT2D eigenvalue weighted by atomic mass is 10.8. The SMILES string of the molecule is C[13c]1[13cH][13cH][13c](NC(=O)N(C)C)[13cH][13c]1Cl. The van der Waals surface area contributed by atoms with E-state index in [1.165, 1.54) is 4.90 Å². The fraction of sp³-hybridized carbons (Fsp3) is 0.300. The number of nitrogens with one attached hydrogen (secondary N) is 1. The molecule has 76 valence electrons. The van der Waals surface area contributed by atoms with Gasteiger partial charge in [0.1, 0.15) is 0 Å². The molecule has 0 atom stereocenters. The maximum atomic E-state index is 11.3. The topological polar surface area (TPSA) is 32.3 Å². The van der Waals surface area contributed by atoms with E-state index in [2.05, 4.69) is 5.32 Å². The lowest BCUT2D eigenvalue weighted by molar-refractivity contribution is 0.230. The molecule has 0 radical (unpaired) electrons. The van der Waals surface area contributed by atoms with Crippen LogP contribution in [0.2, 0.25) is 5.02 Å². The molecule has 0 saturated carbocycles. The molecular weight excluding hydrogens is 206 g/mol. The van der Waals surface area contributed by atoms with Crippen molar-refractivity contribution in [3.8, 4) is 0 Å². The van der Waals surface area contributed by atoms with Gasteiger partial charge in [-0.05, 0) is 24.6 Å². The van der Waals surface area contributed by atoms with Crippen LogP contribution in [0.4, 0.5) is 10.5 Å². The Morgan fingerprint density at radius 3 is 2.57 bits per heavy atom. The molecular formula is C10H13ClN2O. The third kappa shape index (κ3) is 2.64. The maximum absolute atomic E-state index is 11.3. The van der Waals surface area contributed by atoms with Gasteiger partial charge < -0.3 is 10.2 Å². The summed E-state index contributed by atoms with van der Waals surface area (Å²) in [6.45, 7) is 1.92. The summed E-state index contributed by atoms with van der Waals surface area (Å²) in [7, 11) is 3.37. The molecule has 0 fully saturated rings. The number of carbonyl (C=O) groups excluding carboxylic acids is 1. The first-order valence-electron chi connectivity index (χ1n) is 4.25. The Kier molecular flexibility index (Phi) is 3.36. The number of rotatable bonds is 1. The number of aryl methyl sites for hydroxylation is 1. The first-order chi connectivity index (χ1) is 6.50. The summed E-state index contributed by atoms with van der Waals surface area (Å²) in [5, 5.41) is 3.37. The van der Waals surface area contributed by atoms with Gasteiger partial charge in [0.15, 0.2) is 0 Å². The van der Waals surface area contributed by atoms with Crippen molar-refractivity contribution in [2.75, 3.05) is 19.4 Å². The predicted octanol–water partition coefficient (Wildman–Crippen LogP) is 2.74. The van der Waals surface area contributed by atoms with Crippen molar-refractivity contribution in [3.63, 3.8) is 0 Å². The third-order valence-electron chi connectivity index (χ3n) is 1.83. The van der Waals surface area contributed by atoms with Crippen molar-refractivity contribution in [3.05, 3.63) is 28.8 Å². The third-order valence-corrected chi connectivity index (χ3v) is 2.24. The summed E-state index contributed by atoms with van der Waals surface area (Å²) in [4.78, 5) is 12.7. The number of carbonyl (C=O) groups is 1. The van der Waals surface area contributed by atoms with Crippen LogP contribution in [-0.4, -0.2) is 25.0 Å². The fourth-order valence-corrected chi connectivity index (χ4v) is 1.09. The molecule has 1 aromatic rings. The van der Waals surface area contributed by atoms with Crippen molar-refractivity contribution in [1.29, 1.82) is 0 Å². The van der Waals surface area contributed by atoms with Crippen LogP contribution in [0.25, 0.3) is 0 Å². The highest BCUT2D eigenvalue weighted by Crippen LogP contribution is 2.19. The second kappa shape index (κ2) is 4.33. The standard InChI is InChI=1S/C10H13ClN2O/c1-7-4-5-8(6-9(7)11)12-10(14)13(2)3/h4-6H,1-3H3,(H,12,14)/i4+1,5+1,6+1,7+1,8+1,9+1. The lowest BCUT2D eigenvalue weighted by Crippen LogP contribution is -2.27. The van der Waals surface area contributed by atoms with E-state index >= 15 is 0 Å². The molecule has 2 amide bonds. The molecule has 14 heavy (non-hydrogen) atoms. The number of amides is 2. The zero-order valence-corrected chi connectivity index (χ0v) is 9.22. The Bertz CT molecular complexity index is 350. The number of urea groups is 1. The fourth-order valence-electron chi connectivity index (χ4n) is 0.906. The molecule has 0 saturated heterocycles. The lowest BCUT2D eigenvalue weighted by Gasteiger charge is -2.12. The Balaban J connectivity index is 2.78. The molecule has 3 nitrogen and oxygen atoms in total. The molecule has 0 spiro atoms. The van der Waals surface area contributed by atoms with Crippen molar-refractivity contribution < 1.29 is 4.79 Å². The van der Waals surface area contributed by atoms with Crippen LogP contribution < -0.4 is 5.32 Å². The molecule has 0 unspecified atom stereocenters. The molecule has 1 N–H and O–H groups in total. The van der Waals surface area contributed by atoms with Gasteiger partial charge >= 0.3 is 6.03 Å². The number of benzene rings is 1. The summed E-state index contributed by atoms with van der Waals surface area (Å²) in [6, 6.07) is 5.26. The molecule has 0 aliphatic carbocycles. The minimum absolute atomic E-state index is 0.162. The number of nitrogens with zero attached hydrogens (tertiary/aromatic N) is 1. The van der Waals surface area contributed by atoms with E-state index in [0.717, 1.165) is 5.56 Å². The number of hydrogen-bond acceptors (Lipinski definition) is 1. The van der Waals surface area contributed by atoms with Crippen LogP contribution in [0, 0.1) is 6.92 Å². The van der Waals surface area contributed by atoms with E-state index in [1.54, 1.807) is 20.2 Å². The van der Waals surface area contributed by atoms with Crippen molar-refractivity contribution >= 4 is 23.3 Å². The summed E-state index contributed by atoms with van der Waals surface area (Å²) in [5.41, 5.74) is 1.70. The summed E-state index contributed by atoms with van der Waals surface area (Å²) in [5.74, 6) is 0. The highest BCUT2D eigenvalue weighted by molar-refractivity contribution is 6.31. The first kappa shape index (κ1) is 10.9. The van der Waals surface area contributed by atoms with Crippen LogP contribution in [0.15, 0.2) is 18.2 Å². The molecule has 0 heterocycles. The van der Waals surface area contributed by atoms with Crippen LogP contribution in [-0.2, 0) is 0 Å². The van der Waals surface area contributed by atoms with Crippen molar-refractivity contribution in [1.82, 2.24) is 4.90 Å². The zero-order chi connectivity index (χ0) is 10.7. The van der Waals surface area contributed by atoms with Gasteiger partial charge in [-0.1, -0.05) is 17.7 Å². The van der Waals surface area contributed by atoms with E-state index < -0.39 is 0 Å². The Hall–Kier alpha value is -1.22. The monoisotopic (exact) mass is 218 g/mol. The molecule has 0 aromatic heterocycles. The second-order valence-electron chi connectivity index (χ2n) is 3.29. The van der Waals surface area contributed by atoms with Gasteiger partial charge in [-0.25, -0.2) is 4.79 Å². The van der Waals surface area contributed by atoms with E-state index in [9.17, 15) is 4.79 Å². The van der Waals surface area contributed by atoms with Crippen LogP contribution in [0.3, 0.4) is 0 Å². The molecule has 0 aliphatic rings. The van der Waals surface area contributed by atoms with Crippen molar-refractivity contribution in [2.45, 2.75) is 6.92 Å². The van der Waals surface area contributed by atoms with Gasteiger partial charge in [0.05, 0.1) is 0 Å². The van der Waals surface area contributed by atoms with Gasteiger partial charge in [-0.15, -0.1) is 0 Å². The summed E-state index contributed by atoms with van der Waals surface area (Å²) < 4.78 is 0. The van der Waals surface area contributed by atoms with E-state index in [4.69, 9.17) is 11.6 Å². The molecule has 4 heteroatoms. The highest BCUT2D eigenvalue weighted by atomic mass is 35.5. The molecule has 1 aromatic carbocycles. The Morgan fingerprint density at radius 2 is 2.07 bits per heavy atom.